The third kappa shape index (κ3) is 4.75. The van der Waals surface area contributed by atoms with Crippen molar-refractivity contribution in [2.75, 3.05) is 12.3 Å². The standard InChI is InChI=1S/C23H28N4O11S/c1-7-3-9(20(35)24-18(7)33)16-13(30)12(29)10(37-16)5-26-11(28)6-39-22(26)17-14(31)15(32)21(38-17)27-4-8(2)19(34)25-23(27)36/h3-4,9-10,12-17,21-22,29-32H,5-6H2,1-2H3,(H,24,33,35)(H,25,34,36)/t9?,10?,12-,13-,14-,15+,16?,17?,21?,22+/m1/s1. The summed E-state index contributed by atoms with van der Waals surface area (Å²) in [5.41, 5.74) is -1.04. The Bertz CT molecular complexity index is 1340. The van der Waals surface area contributed by atoms with Crippen molar-refractivity contribution >= 4 is 29.5 Å². The molecule has 0 saturated carbocycles. The van der Waals surface area contributed by atoms with Crippen LogP contribution < -0.4 is 16.6 Å². The van der Waals surface area contributed by atoms with Crippen LogP contribution in [0.15, 0.2) is 27.4 Å². The van der Waals surface area contributed by atoms with Gasteiger partial charge in [0, 0.05) is 17.3 Å². The Morgan fingerprint density at radius 3 is 2.38 bits per heavy atom. The second kappa shape index (κ2) is 10.3. The van der Waals surface area contributed by atoms with Gasteiger partial charge in [0.2, 0.25) is 11.8 Å². The first-order chi connectivity index (χ1) is 18.4. The quantitative estimate of drug-likeness (QED) is 0.188. The topological polar surface area (TPSA) is 221 Å². The summed E-state index contributed by atoms with van der Waals surface area (Å²) in [7, 11) is 0. The van der Waals surface area contributed by atoms with E-state index in [0.29, 0.717) is 0 Å². The molecule has 1 aromatic heterocycles. The van der Waals surface area contributed by atoms with Gasteiger partial charge in [-0.05, 0) is 13.8 Å². The zero-order valence-corrected chi connectivity index (χ0v) is 21.6. The van der Waals surface area contributed by atoms with E-state index in [1.54, 1.807) is 0 Å². The summed E-state index contributed by atoms with van der Waals surface area (Å²) in [5, 5.41) is 44.1. The van der Waals surface area contributed by atoms with E-state index in [-0.39, 0.29) is 29.3 Å². The van der Waals surface area contributed by atoms with Crippen molar-refractivity contribution in [1.29, 1.82) is 0 Å². The van der Waals surface area contributed by atoms with Crippen molar-refractivity contribution in [3.05, 3.63) is 44.2 Å². The zero-order chi connectivity index (χ0) is 28.3. The summed E-state index contributed by atoms with van der Waals surface area (Å²) in [6.45, 7) is 2.70. The van der Waals surface area contributed by atoms with Gasteiger partial charge in [-0.2, -0.15) is 0 Å². The highest BCUT2D eigenvalue weighted by Gasteiger charge is 2.54. The number of H-pyrrole nitrogens is 1. The highest BCUT2D eigenvalue weighted by Crippen LogP contribution is 2.40. The zero-order valence-electron chi connectivity index (χ0n) is 20.8. The van der Waals surface area contributed by atoms with Gasteiger partial charge in [0.05, 0.1) is 18.2 Å². The van der Waals surface area contributed by atoms with E-state index in [0.717, 1.165) is 16.3 Å². The van der Waals surface area contributed by atoms with Crippen molar-refractivity contribution in [2.45, 2.75) is 68.2 Å². The molecule has 1 aromatic rings. The average molecular weight is 569 g/mol. The predicted molar refractivity (Wildman–Crippen MR) is 131 cm³/mol. The van der Waals surface area contributed by atoms with Crippen LogP contribution in [-0.2, 0) is 23.9 Å². The number of imide groups is 1. The number of aliphatic hydroxyl groups is 4. The summed E-state index contributed by atoms with van der Waals surface area (Å²) >= 11 is 1.11. The van der Waals surface area contributed by atoms with Crippen LogP contribution in [0.25, 0.3) is 0 Å². The predicted octanol–water partition coefficient (Wildman–Crippen LogP) is -3.93. The monoisotopic (exact) mass is 568 g/mol. The maximum atomic E-state index is 12.8. The highest BCUT2D eigenvalue weighted by atomic mass is 32.2. The van der Waals surface area contributed by atoms with Crippen LogP contribution in [-0.4, -0.2) is 113 Å². The third-order valence-electron chi connectivity index (χ3n) is 7.44. The summed E-state index contributed by atoms with van der Waals surface area (Å²) in [4.78, 5) is 64.4. The Hall–Kier alpha value is -2.86. The molecule has 4 aliphatic rings. The van der Waals surface area contributed by atoms with E-state index in [1.807, 2.05) is 0 Å². The van der Waals surface area contributed by atoms with Gasteiger partial charge in [-0.3, -0.25) is 34.0 Å². The molecule has 3 fully saturated rings. The molecule has 3 amide bonds. The van der Waals surface area contributed by atoms with Gasteiger partial charge in [-0.25, -0.2) is 4.79 Å². The molecule has 5 rings (SSSR count). The average Bonchev–Trinajstić information content (AvgIpc) is 3.48. The van der Waals surface area contributed by atoms with E-state index < -0.39 is 83.3 Å². The molecule has 3 saturated heterocycles. The number of carbonyl (C=O) groups is 3. The largest absolute Gasteiger partial charge is 0.388 e. The molecule has 0 aliphatic carbocycles. The molecule has 16 heteroatoms. The molecule has 10 atom stereocenters. The second-order valence-electron chi connectivity index (χ2n) is 10.0. The lowest BCUT2D eigenvalue weighted by Gasteiger charge is -2.32. The fourth-order valence-electron chi connectivity index (χ4n) is 5.25. The van der Waals surface area contributed by atoms with Crippen LogP contribution in [0, 0.1) is 12.8 Å². The molecule has 4 aliphatic heterocycles. The molecule has 212 valence electrons. The van der Waals surface area contributed by atoms with Crippen LogP contribution in [0.2, 0.25) is 0 Å². The van der Waals surface area contributed by atoms with Crippen molar-refractivity contribution in [2.24, 2.45) is 5.92 Å². The number of amides is 3. The number of hydrogen-bond acceptors (Lipinski definition) is 12. The van der Waals surface area contributed by atoms with Gasteiger partial charge in [0.25, 0.3) is 11.5 Å². The molecule has 39 heavy (non-hydrogen) atoms. The van der Waals surface area contributed by atoms with Gasteiger partial charge in [-0.15, -0.1) is 11.8 Å². The van der Waals surface area contributed by atoms with Crippen LogP contribution in [0.1, 0.15) is 18.7 Å². The smallest absolute Gasteiger partial charge is 0.330 e. The number of rotatable bonds is 5. The van der Waals surface area contributed by atoms with Crippen LogP contribution in [0.4, 0.5) is 0 Å². The number of nitrogens with one attached hydrogen (secondary N) is 2. The lowest BCUT2D eigenvalue weighted by atomic mass is 9.91. The van der Waals surface area contributed by atoms with Crippen LogP contribution >= 0.6 is 11.8 Å². The number of hydrogen-bond donors (Lipinski definition) is 6. The van der Waals surface area contributed by atoms with Crippen LogP contribution in [0.5, 0.6) is 0 Å². The number of thioether (sulfide) groups is 1. The maximum absolute atomic E-state index is 12.8. The van der Waals surface area contributed by atoms with Gasteiger partial charge < -0.3 is 34.8 Å². The SMILES string of the molecule is CC1=CC(C2OC(CN3C(=O)CS[C@H]3C3OC(n4cc(C)c(=O)[nH]c4=O)[C@@H](O)[C@H]3O)[C@@H](O)[C@H]2O)C(=O)NC1=O. The number of aromatic amines is 1. The molecule has 0 radical (unpaired) electrons. The molecule has 0 bridgehead atoms. The van der Waals surface area contributed by atoms with E-state index in [1.165, 1.54) is 31.0 Å². The molecule has 15 nitrogen and oxygen atoms in total. The van der Waals surface area contributed by atoms with Crippen LogP contribution in [0.3, 0.4) is 0 Å². The minimum atomic E-state index is -1.57. The molecular weight excluding hydrogens is 540 g/mol. The molecule has 5 heterocycles. The van der Waals surface area contributed by atoms with Gasteiger partial charge in [0.1, 0.15) is 48.1 Å². The van der Waals surface area contributed by atoms with E-state index in [9.17, 15) is 44.4 Å². The number of ether oxygens (including phenoxy) is 2. The Labute approximate surface area is 224 Å². The van der Waals surface area contributed by atoms with Gasteiger partial charge >= 0.3 is 5.69 Å². The Balaban J connectivity index is 1.34. The van der Waals surface area contributed by atoms with Crippen molar-refractivity contribution < 1.29 is 44.3 Å². The van der Waals surface area contributed by atoms with Gasteiger partial charge in [-0.1, -0.05) is 6.08 Å². The van der Waals surface area contributed by atoms with E-state index in [4.69, 9.17) is 9.47 Å². The molecule has 5 unspecified atom stereocenters. The van der Waals surface area contributed by atoms with Gasteiger partial charge in [0.15, 0.2) is 6.23 Å². The summed E-state index contributed by atoms with van der Waals surface area (Å²) in [5.74, 6) is -2.71. The number of nitrogens with zero attached hydrogens (tertiary/aromatic N) is 2. The maximum Gasteiger partial charge on any atom is 0.330 e. The first-order valence-electron chi connectivity index (χ1n) is 12.2. The molecule has 0 spiro atoms. The van der Waals surface area contributed by atoms with E-state index >= 15 is 0 Å². The lowest BCUT2D eigenvalue weighted by molar-refractivity contribution is -0.139. The second-order valence-corrected chi connectivity index (χ2v) is 11.1. The Morgan fingerprint density at radius 1 is 0.974 bits per heavy atom. The fourth-order valence-corrected chi connectivity index (χ4v) is 6.53. The highest BCUT2D eigenvalue weighted by molar-refractivity contribution is 8.01. The number of aryl methyl sites for hydroxylation is 1. The minimum absolute atomic E-state index is 0.0143. The van der Waals surface area contributed by atoms with Crippen molar-refractivity contribution in [3.63, 3.8) is 0 Å². The summed E-state index contributed by atoms with van der Waals surface area (Å²) < 4.78 is 12.6. The van der Waals surface area contributed by atoms with Crippen molar-refractivity contribution in [1.82, 2.24) is 19.8 Å². The molecular formula is C23H28N4O11S. The molecule has 0 aromatic carbocycles. The minimum Gasteiger partial charge on any atom is -0.388 e. The number of aliphatic hydroxyl groups excluding tert-OH is 4. The number of carbonyl (C=O) groups excluding carboxylic acids is 3. The third-order valence-corrected chi connectivity index (χ3v) is 8.72. The first-order valence-corrected chi connectivity index (χ1v) is 13.2. The number of aromatic nitrogens is 2. The summed E-state index contributed by atoms with van der Waals surface area (Å²) in [6, 6.07) is 0. The fraction of sp³-hybridized carbons (Fsp3) is 0.609. The Morgan fingerprint density at radius 2 is 1.67 bits per heavy atom. The molecule has 6 N–H and O–H groups in total. The normalized spacial score (nSPS) is 38.9. The first kappa shape index (κ1) is 27.7. The van der Waals surface area contributed by atoms with Crippen molar-refractivity contribution in [3.8, 4) is 0 Å². The summed E-state index contributed by atoms with van der Waals surface area (Å²) in [6.07, 6.45) is -8.36. The van der Waals surface area contributed by atoms with E-state index in [2.05, 4.69) is 10.3 Å². The Kier molecular flexibility index (Phi) is 7.30. The lowest BCUT2D eigenvalue weighted by Crippen LogP contribution is -2.50.